The van der Waals surface area contributed by atoms with Gasteiger partial charge in [0.05, 0.1) is 0 Å². The Hall–Kier alpha value is -2.37. The van der Waals surface area contributed by atoms with E-state index in [1.807, 2.05) is 35.0 Å². The van der Waals surface area contributed by atoms with Crippen molar-refractivity contribution in [1.82, 2.24) is 9.36 Å². The molecule has 2 heterocycles. The van der Waals surface area contributed by atoms with E-state index in [0.717, 1.165) is 18.5 Å². The first-order valence-electron chi connectivity index (χ1n) is 6.26. The summed E-state index contributed by atoms with van der Waals surface area (Å²) in [6, 6.07) is 9.82. The van der Waals surface area contributed by atoms with Crippen LogP contribution in [0.3, 0.4) is 0 Å². The zero-order valence-corrected chi connectivity index (χ0v) is 10.4. The maximum atomic E-state index is 11.9. The van der Waals surface area contributed by atoms with E-state index in [4.69, 9.17) is 0 Å². The Labute approximate surface area is 109 Å². The van der Waals surface area contributed by atoms with Gasteiger partial charge in [-0.1, -0.05) is 30.3 Å². The molecule has 2 aromatic rings. The van der Waals surface area contributed by atoms with E-state index in [-0.39, 0.29) is 11.2 Å². The first kappa shape index (κ1) is 11.7. The number of hydrogen-bond acceptors (Lipinski definition) is 4. The van der Waals surface area contributed by atoms with Gasteiger partial charge in [0.25, 0.3) is 5.56 Å². The first-order chi connectivity index (χ1) is 9.31. The van der Waals surface area contributed by atoms with Crippen molar-refractivity contribution in [3.8, 4) is 0 Å². The molecule has 1 aliphatic heterocycles. The summed E-state index contributed by atoms with van der Waals surface area (Å²) >= 11 is 0. The third kappa shape index (κ3) is 1.95. The van der Waals surface area contributed by atoms with E-state index in [9.17, 15) is 9.70 Å². The standard InChI is InChI=1S/C13H14N4O2/c18-13-11(15-19)12(16-7-4-8-17(13)16)14-9-10-5-2-1-3-6-10/h1-3,5-6,14H,4,7-9H2. The second-order valence-corrected chi connectivity index (χ2v) is 4.53. The van der Waals surface area contributed by atoms with E-state index in [1.165, 1.54) is 0 Å². The van der Waals surface area contributed by atoms with Gasteiger partial charge in [-0.15, -0.1) is 4.91 Å². The molecule has 0 amide bonds. The lowest BCUT2D eigenvalue weighted by molar-refractivity contribution is 0.598. The number of nitrogens with one attached hydrogen (secondary N) is 1. The Morgan fingerprint density at radius 3 is 2.63 bits per heavy atom. The summed E-state index contributed by atoms with van der Waals surface area (Å²) in [5, 5.41) is 6.03. The zero-order chi connectivity index (χ0) is 13.2. The van der Waals surface area contributed by atoms with Crippen LogP contribution in [0.2, 0.25) is 0 Å². The fourth-order valence-electron chi connectivity index (χ4n) is 2.44. The molecular formula is C13H14N4O2. The summed E-state index contributed by atoms with van der Waals surface area (Å²) in [7, 11) is 0. The van der Waals surface area contributed by atoms with Gasteiger partial charge in [0.15, 0.2) is 5.82 Å². The fraction of sp³-hybridized carbons (Fsp3) is 0.308. The van der Waals surface area contributed by atoms with Crippen LogP contribution in [-0.4, -0.2) is 9.36 Å². The van der Waals surface area contributed by atoms with Crippen LogP contribution in [-0.2, 0) is 19.6 Å². The number of nitroso groups, excluding NO2 is 1. The topological polar surface area (TPSA) is 68.4 Å². The van der Waals surface area contributed by atoms with Gasteiger partial charge in [-0.2, -0.15) is 0 Å². The van der Waals surface area contributed by atoms with E-state index in [1.54, 1.807) is 4.68 Å². The highest BCUT2D eigenvalue weighted by Crippen LogP contribution is 2.25. The van der Waals surface area contributed by atoms with Crippen molar-refractivity contribution < 1.29 is 0 Å². The predicted molar refractivity (Wildman–Crippen MR) is 72.5 cm³/mol. The molecule has 0 saturated heterocycles. The molecule has 0 unspecified atom stereocenters. The van der Waals surface area contributed by atoms with Gasteiger partial charge in [-0.25, -0.2) is 4.68 Å². The number of nitrogens with zero attached hydrogens (tertiary/aromatic N) is 3. The largest absolute Gasteiger partial charge is 0.364 e. The lowest BCUT2D eigenvalue weighted by Crippen LogP contribution is -2.16. The van der Waals surface area contributed by atoms with Crippen molar-refractivity contribution in [1.29, 1.82) is 0 Å². The fourth-order valence-corrected chi connectivity index (χ4v) is 2.44. The monoisotopic (exact) mass is 258 g/mol. The van der Waals surface area contributed by atoms with Gasteiger partial charge >= 0.3 is 0 Å². The Balaban J connectivity index is 1.91. The molecule has 0 fully saturated rings. The summed E-state index contributed by atoms with van der Waals surface area (Å²) in [6.07, 6.45) is 0.911. The molecule has 6 heteroatoms. The van der Waals surface area contributed by atoms with Gasteiger partial charge < -0.3 is 5.32 Å². The minimum absolute atomic E-state index is 0.0179. The van der Waals surface area contributed by atoms with Crippen molar-refractivity contribution in [3.05, 3.63) is 51.2 Å². The molecule has 3 rings (SSSR count). The molecule has 0 aliphatic carbocycles. The molecule has 19 heavy (non-hydrogen) atoms. The van der Waals surface area contributed by atoms with Gasteiger partial charge in [0.2, 0.25) is 5.69 Å². The van der Waals surface area contributed by atoms with Gasteiger partial charge in [0, 0.05) is 19.6 Å². The smallest absolute Gasteiger partial charge is 0.298 e. The van der Waals surface area contributed by atoms with Gasteiger partial charge in [-0.05, 0) is 17.2 Å². The van der Waals surface area contributed by atoms with Crippen molar-refractivity contribution in [3.63, 3.8) is 0 Å². The molecule has 0 saturated carbocycles. The molecule has 6 nitrogen and oxygen atoms in total. The molecule has 98 valence electrons. The van der Waals surface area contributed by atoms with Crippen LogP contribution >= 0.6 is 0 Å². The minimum atomic E-state index is -0.303. The van der Waals surface area contributed by atoms with Gasteiger partial charge in [-0.3, -0.25) is 9.48 Å². The third-order valence-corrected chi connectivity index (χ3v) is 3.34. The summed E-state index contributed by atoms with van der Waals surface area (Å²) in [5.41, 5.74) is 0.768. The van der Waals surface area contributed by atoms with Crippen molar-refractivity contribution in [2.24, 2.45) is 5.18 Å². The molecule has 0 bridgehead atoms. The highest BCUT2D eigenvalue weighted by Gasteiger charge is 2.23. The SMILES string of the molecule is O=Nc1c(NCc2ccccc2)n2n(c1=O)CCC2. The van der Waals surface area contributed by atoms with E-state index in [2.05, 4.69) is 10.5 Å². The summed E-state index contributed by atoms with van der Waals surface area (Å²) < 4.78 is 3.38. The molecule has 0 spiro atoms. The number of anilines is 1. The Morgan fingerprint density at radius 1 is 1.16 bits per heavy atom. The molecule has 1 aromatic carbocycles. The zero-order valence-electron chi connectivity index (χ0n) is 10.4. The molecule has 1 aliphatic rings. The van der Waals surface area contributed by atoms with E-state index < -0.39 is 0 Å². The maximum absolute atomic E-state index is 11.9. The van der Waals surface area contributed by atoms with E-state index in [0.29, 0.717) is 18.9 Å². The summed E-state index contributed by atoms with van der Waals surface area (Å²) in [5.74, 6) is 0.529. The average molecular weight is 258 g/mol. The number of fused-ring (bicyclic) bond motifs is 1. The Bertz CT molecular complexity index is 657. The molecule has 0 atom stereocenters. The van der Waals surface area contributed by atoms with Crippen molar-refractivity contribution >= 4 is 11.5 Å². The predicted octanol–water partition coefficient (Wildman–Crippen LogP) is 2.06. The quantitative estimate of drug-likeness (QED) is 0.853. The highest BCUT2D eigenvalue weighted by atomic mass is 16.3. The highest BCUT2D eigenvalue weighted by molar-refractivity contribution is 5.60. The van der Waals surface area contributed by atoms with Crippen LogP contribution in [0.25, 0.3) is 0 Å². The second-order valence-electron chi connectivity index (χ2n) is 4.53. The van der Waals surface area contributed by atoms with Crippen molar-refractivity contribution in [2.75, 3.05) is 5.32 Å². The lowest BCUT2D eigenvalue weighted by atomic mass is 10.2. The van der Waals surface area contributed by atoms with Crippen LogP contribution in [0, 0.1) is 4.91 Å². The number of rotatable bonds is 4. The van der Waals surface area contributed by atoms with Crippen LogP contribution in [0.1, 0.15) is 12.0 Å². The maximum Gasteiger partial charge on any atom is 0.298 e. The average Bonchev–Trinajstić information content (AvgIpc) is 3.00. The third-order valence-electron chi connectivity index (χ3n) is 3.34. The number of benzene rings is 1. The van der Waals surface area contributed by atoms with Crippen LogP contribution in [0.4, 0.5) is 11.5 Å². The Kier molecular flexibility index (Phi) is 2.91. The summed E-state index contributed by atoms with van der Waals surface area (Å²) in [4.78, 5) is 22.8. The van der Waals surface area contributed by atoms with Crippen LogP contribution in [0.15, 0.2) is 40.3 Å². The van der Waals surface area contributed by atoms with Crippen molar-refractivity contribution in [2.45, 2.75) is 26.1 Å². The number of hydrogen-bond donors (Lipinski definition) is 1. The Morgan fingerprint density at radius 2 is 1.89 bits per heavy atom. The first-order valence-corrected chi connectivity index (χ1v) is 6.26. The van der Waals surface area contributed by atoms with Crippen LogP contribution < -0.4 is 10.9 Å². The summed E-state index contributed by atoms with van der Waals surface area (Å²) in [6.45, 7) is 1.95. The minimum Gasteiger partial charge on any atom is -0.364 e. The van der Waals surface area contributed by atoms with Gasteiger partial charge in [0.1, 0.15) is 0 Å². The van der Waals surface area contributed by atoms with Crippen LogP contribution in [0.5, 0.6) is 0 Å². The molecular weight excluding hydrogens is 244 g/mol. The normalized spacial score (nSPS) is 13.3. The molecule has 0 radical (unpaired) electrons. The second kappa shape index (κ2) is 4.72. The van der Waals surface area contributed by atoms with E-state index >= 15 is 0 Å². The molecule has 1 N–H and O–H groups in total. The molecule has 1 aromatic heterocycles. The number of aromatic nitrogens is 2. The lowest BCUT2D eigenvalue weighted by Gasteiger charge is -2.09.